The van der Waals surface area contributed by atoms with Gasteiger partial charge in [0.05, 0.1) is 11.1 Å². The van der Waals surface area contributed by atoms with Crippen LogP contribution in [0.25, 0.3) is 0 Å². The molecular weight excluding hydrogens is 498 g/mol. The maximum Gasteiger partial charge on any atom is 0.332 e. The number of nitrogens with two attached hydrogens (primary N) is 1. The molecule has 0 aromatic carbocycles. The molecule has 3 heterocycles. The van der Waals surface area contributed by atoms with Crippen molar-refractivity contribution in [1.29, 1.82) is 0 Å². The highest BCUT2D eigenvalue weighted by atomic mass is 32.2. The number of esters is 1. The van der Waals surface area contributed by atoms with Gasteiger partial charge in [0.1, 0.15) is 18.8 Å². The number of hydrogen-bond acceptors (Lipinski definition) is 10. The molecule has 1 aromatic heterocycles. The second kappa shape index (κ2) is 8.69. The first kappa shape index (κ1) is 27.3. The van der Waals surface area contributed by atoms with E-state index in [1.54, 1.807) is 0 Å². The van der Waals surface area contributed by atoms with E-state index in [1.807, 2.05) is 33.9 Å². The van der Waals surface area contributed by atoms with Crippen LogP contribution in [-0.4, -0.2) is 56.3 Å². The molecule has 3 rings (SSSR count). The summed E-state index contributed by atoms with van der Waals surface area (Å²) in [7, 11) is -5.59. The molecular formula is C21H33N3O9SSi. The van der Waals surface area contributed by atoms with Crippen molar-refractivity contribution in [3.8, 4) is 0 Å². The first-order valence-corrected chi connectivity index (χ1v) is 15.4. The van der Waals surface area contributed by atoms with E-state index >= 15 is 0 Å². The summed E-state index contributed by atoms with van der Waals surface area (Å²) >= 11 is 0. The molecule has 0 saturated carbocycles. The van der Waals surface area contributed by atoms with Crippen LogP contribution >= 0.6 is 0 Å². The Bertz CT molecular complexity index is 1290. The summed E-state index contributed by atoms with van der Waals surface area (Å²) in [4.78, 5) is 37.0. The van der Waals surface area contributed by atoms with Crippen LogP contribution in [0.3, 0.4) is 0 Å². The summed E-state index contributed by atoms with van der Waals surface area (Å²) in [5.41, 5.74) is 3.21. The van der Waals surface area contributed by atoms with Crippen molar-refractivity contribution in [2.24, 2.45) is 12.8 Å². The van der Waals surface area contributed by atoms with Gasteiger partial charge in [0, 0.05) is 25.7 Å². The van der Waals surface area contributed by atoms with Gasteiger partial charge in [-0.25, -0.2) is 8.98 Å². The first-order valence-electron chi connectivity index (χ1n) is 11.0. The van der Waals surface area contributed by atoms with Crippen molar-refractivity contribution in [1.82, 2.24) is 9.13 Å². The topological polar surface area (TPSA) is 158 Å². The Morgan fingerprint density at radius 2 is 1.89 bits per heavy atom. The maximum absolute atomic E-state index is 13.1. The maximum atomic E-state index is 13.1. The molecule has 2 aliphatic heterocycles. The van der Waals surface area contributed by atoms with Crippen LogP contribution in [0.5, 0.6) is 0 Å². The molecule has 0 amide bonds. The second-order valence-electron chi connectivity index (χ2n) is 10.4. The quantitative estimate of drug-likeness (QED) is 0.324. The fourth-order valence-corrected chi connectivity index (χ4v) is 6.44. The van der Waals surface area contributed by atoms with Gasteiger partial charge < -0.3 is 19.6 Å². The van der Waals surface area contributed by atoms with E-state index in [9.17, 15) is 22.8 Å². The lowest BCUT2D eigenvalue weighted by Gasteiger charge is -2.43. The van der Waals surface area contributed by atoms with Gasteiger partial charge in [0.15, 0.2) is 20.1 Å². The Morgan fingerprint density at radius 3 is 2.37 bits per heavy atom. The van der Waals surface area contributed by atoms with Gasteiger partial charge in [0.25, 0.3) is 15.7 Å². The van der Waals surface area contributed by atoms with E-state index < -0.39 is 66.3 Å². The summed E-state index contributed by atoms with van der Waals surface area (Å²) in [5, 5.41) is 0.448. The van der Waals surface area contributed by atoms with E-state index in [-0.39, 0.29) is 16.3 Å². The highest BCUT2D eigenvalue weighted by molar-refractivity contribution is 7.90. The minimum Gasteiger partial charge on any atom is -0.463 e. The van der Waals surface area contributed by atoms with E-state index in [2.05, 4.69) is 0 Å². The molecule has 0 aliphatic carbocycles. The third kappa shape index (κ3) is 4.64. The van der Waals surface area contributed by atoms with Crippen LogP contribution in [0, 0.1) is 6.92 Å². The average Bonchev–Trinajstić information content (AvgIpc) is 3.13. The Labute approximate surface area is 204 Å². The van der Waals surface area contributed by atoms with E-state index in [0.29, 0.717) is 0 Å². The summed E-state index contributed by atoms with van der Waals surface area (Å²) in [6.45, 7) is 12.2. The van der Waals surface area contributed by atoms with Crippen LogP contribution in [0.1, 0.15) is 39.5 Å². The first-order chi connectivity index (χ1) is 15.8. The van der Waals surface area contributed by atoms with E-state index in [0.717, 1.165) is 14.5 Å². The smallest absolute Gasteiger partial charge is 0.332 e. The van der Waals surface area contributed by atoms with Gasteiger partial charge in [0.2, 0.25) is 0 Å². The highest BCUT2D eigenvalue weighted by Gasteiger charge is 2.67. The molecule has 196 valence electrons. The van der Waals surface area contributed by atoms with Crippen LogP contribution in [0.15, 0.2) is 26.9 Å². The molecule has 4 atom stereocenters. The zero-order valence-electron chi connectivity index (χ0n) is 21.1. The zero-order chi connectivity index (χ0) is 26.7. The highest BCUT2D eigenvalue weighted by Crippen LogP contribution is 2.51. The van der Waals surface area contributed by atoms with Crippen LogP contribution in [-0.2, 0) is 40.0 Å². The number of ether oxygens (including phenoxy) is 2. The van der Waals surface area contributed by atoms with Crippen molar-refractivity contribution in [2.45, 2.75) is 76.8 Å². The molecule has 2 aliphatic rings. The number of carbonyl (C=O) groups excluding carboxylic acids is 1. The third-order valence-electron chi connectivity index (χ3n) is 6.86. The molecule has 1 saturated heterocycles. The number of nitrogens with zero attached hydrogens (tertiary/aromatic N) is 2. The molecule has 2 N–H and O–H groups in total. The third-order valence-corrected chi connectivity index (χ3v) is 12.4. The van der Waals surface area contributed by atoms with Crippen molar-refractivity contribution < 1.29 is 31.3 Å². The van der Waals surface area contributed by atoms with E-state index in [1.165, 1.54) is 27.1 Å². The fourth-order valence-electron chi connectivity index (χ4n) is 3.93. The second-order valence-corrected chi connectivity index (χ2v) is 16.6. The van der Waals surface area contributed by atoms with Crippen molar-refractivity contribution in [3.63, 3.8) is 0 Å². The molecule has 0 bridgehead atoms. The Balaban J connectivity index is 2.29. The average molecular weight is 532 g/mol. The van der Waals surface area contributed by atoms with Crippen molar-refractivity contribution in [3.05, 3.63) is 43.7 Å². The Kier molecular flexibility index (Phi) is 6.79. The molecule has 2 unspecified atom stereocenters. The standard InChI is InChI=1S/C21H33N3O9SSi/c1-12-9-24(19(27)23(6)17(12)26)18-16(32-35(7,8)20(3,4)5)21(14(22)11-34(28,29)33-21)15(31-18)10-30-13(2)25/h9,11,15-16,18H,10,22H2,1-8H3/t15?,16-,18+,21?/m0/s1. The molecule has 35 heavy (non-hydrogen) atoms. The predicted molar refractivity (Wildman–Crippen MR) is 128 cm³/mol. The predicted octanol–water partition coefficient (Wildman–Crippen LogP) is 0.605. The summed E-state index contributed by atoms with van der Waals surface area (Å²) in [6.07, 6.45) is -2.39. The normalized spacial score (nSPS) is 28.3. The van der Waals surface area contributed by atoms with E-state index in [4.69, 9.17) is 23.8 Å². The summed E-state index contributed by atoms with van der Waals surface area (Å²) in [6, 6.07) is 0. The van der Waals surface area contributed by atoms with Gasteiger partial charge >= 0.3 is 11.7 Å². The summed E-state index contributed by atoms with van der Waals surface area (Å²) < 4.78 is 50.7. The van der Waals surface area contributed by atoms with Crippen LogP contribution < -0.4 is 17.0 Å². The SMILES string of the molecule is CC(=O)OCC1O[C@@H](n2cc(C)c(=O)n(C)c2=O)[C@H](O[Si](C)(C)C(C)(C)C)C12OS(=O)(=O)C=C2N. The number of hydrogen-bond donors (Lipinski definition) is 1. The minimum atomic E-state index is -4.24. The van der Waals surface area contributed by atoms with Crippen LogP contribution in [0.2, 0.25) is 18.1 Å². The molecule has 1 aromatic rings. The van der Waals surface area contributed by atoms with Gasteiger partial charge in [-0.1, -0.05) is 20.8 Å². The van der Waals surface area contributed by atoms with Gasteiger partial charge in [-0.3, -0.25) is 18.7 Å². The Hall–Kier alpha value is -2.26. The molecule has 12 nitrogen and oxygen atoms in total. The number of carbonyl (C=O) groups is 1. The number of aromatic nitrogens is 2. The number of aryl methyl sites for hydroxylation is 1. The van der Waals surface area contributed by atoms with Gasteiger partial charge in [-0.05, 0) is 25.1 Å². The minimum absolute atomic E-state index is 0.199. The largest absolute Gasteiger partial charge is 0.463 e. The molecule has 1 spiro atoms. The fraction of sp³-hybridized carbons (Fsp3) is 0.667. The van der Waals surface area contributed by atoms with Gasteiger partial charge in [-0.15, -0.1) is 0 Å². The van der Waals surface area contributed by atoms with Crippen molar-refractivity contribution >= 4 is 24.4 Å². The monoisotopic (exact) mass is 531 g/mol. The summed E-state index contributed by atoms with van der Waals surface area (Å²) in [5.74, 6) is -0.632. The van der Waals surface area contributed by atoms with Crippen molar-refractivity contribution in [2.75, 3.05) is 6.61 Å². The lowest BCUT2D eigenvalue weighted by Crippen LogP contribution is -2.59. The van der Waals surface area contributed by atoms with Gasteiger partial charge in [-0.2, -0.15) is 8.42 Å². The van der Waals surface area contributed by atoms with Crippen LogP contribution in [0.4, 0.5) is 0 Å². The zero-order valence-corrected chi connectivity index (χ0v) is 23.0. The lowest BCUT2D eigenvalue weighted by molar-refractivity contribution is -0.148. The lowest BCUT2D eigenvalue weighted by atomic mass is 9.89. The molecule has 0 radical (unpaired) electrons. The Morgan fingerprint density at radius 1 is 1.29 bits per heavy atom. The number of rotatable bonds is 5. The molecule has 1 fully saturated rings. The molecule has 14 heteroatoms.